The minimum atomic E-state index is 0. The second kappa shape index (κ2) is 6.99. The highest BCUT2D eigenvalue weighted by atomic mass is 35.5. The molecule has 1 N–H and O–H groups in total. The van der Waals surface area contributed by atoms with Gasteiger partial charge in [0.2, 0.25) is 0 Å². The molecule has 1 saturated heterocycles. The topological polar surface area (TPSA) is 33.1 Å². The molecule has 0 bridgehead atoms. The molecule has 1 aromatic heterocycles. The zero-order chi connectivity index (χ0) is 11.4. The number of hydrogen-bond donors (Lipinski definition) is 1. The quantitative estimate of drug-likeness (QED) is 0.867. The summed E-state index contributed by atoms with van der Waals surface area (Å²) in [5, 5.41) is 7.67. The molecule has 2 heterocycles. The van der Waals surface area contributed by atoms with E-state index >= 15 is 0 Å². The third-order valence-electron chi connectivity index (χ3n) is 3.35. The normalized spacial score (nSPS) is 19.6. The third kappa shape index (κ3) is 3.69. The largest absolute Gasteiger partial charge is 0.315 e. The predicted octanol–water partition coefficient (Wildman–Crippen LogP) is 1.42. The van der Waals surface area contributed by atoms with Gasteiger partial charge in [-0.1, -0.05) is 6.92 Å². The molecule has 0 amide bonds. The maximum atomic E-state index is 4.23. The van der Waals surface area contributed by atoms with Gasteiger partial charge in [0.05, 0.1) is 5.69 Å². The lowest BCUT2D eigenvalue weighted by atomic mass is 10.2. The lowest BCUT2D eigenvalue weighted by Gasteiger charge is -2.27. The molecule has 2 rings (SSSR count). The molecule has 4 nitrogen and oxygen atoms in total. The van der Waals surface area contributed by atoms with Crippen molar-refractivity contribution in [3.63, 3.8) is 0 Å². The van der Waals surface area contributed by atoms with E-state index in [0.717, 1.165) is 19.6 Å². The van der Waals surface area contributed by atoms with Crippen LogP contribution in [0, 0.1) is 0 Å². The average molecular weight is 259 g/mol. The zero-order valence-electron chi connectivity index (χ0n) is 10.7. The molecule has 98 valence electrons. The van der Waals surface area contributed by atoms with Gasteiger partial charge in [0.25, 0.3) is 0 Å². The second-order valence-electron chi connectivity index (χ2n) is 4.56. The molecule has 5 heteroatoms. The van der Waals surface area contributed by atoms with E-state index in [4.69, 9.17) is 0 Å². The van der Waals surface area contributed by atoms with Crippen molar-refractivity contribution in [2.45, 2.75) is 32.4 Å². The first-order chi connectivity index (χ1) is 7.81. The van der Waals surface area contributed by atoms with Crippen molar-refractivity contribution in [3.8, 4) is 0 Å². The minimum Gasteiger partial charge on any atom is -0.315 e. The van der Waals surface area contributed by atoms with E-state index in [1.807, 2.05) is 17.9 Å². The Labute approximate surface area is 110 Å². The summed E-state index contributed by atoms with van der Waals surface area (Å²) >= 11 is 0. The second-order valence-corrected chi connectivity index (χ2v) is 4.56. The van der Waals surface area contributed by atoms with Gasteiger partial charge >= 0.3 is 0 Å². The molecular formula is C12H23ClN4. The summed E-state index contributed by atoms with van der Waals surface area (Å²) in [5.74, 6) is 0. The molecule has 0 aromatic carbocycles. The fraction of sp³-hybridized carbons (Fsp3) is 0.750. The van der Waals surface area contributed by atoms with E-state index in [9.17, 15) is 0 Å². The molecule has 0 aliphatic carbocycles. The van der Waals surface area contributed by atoms with Crippen molar-refractivity contribution in [2.75, 3.05) is 19.6 Å². The van der Waals surface area contributed by atoms with Gasteiger partial charge in [-0.15, -0.1) is 12.4 Å². The van der Waals surface area contributed by atoms with Gasteiger partial charge in [-0.05, 0) is 32.0 Å². The molecule has 1 atom stereocenters. The van der Waals surface area contributed by atoms with E-state index in [2.05, 4.69) is 28.3 Å². The summed E-state index contributed by atoms with van der Waals surface area (Å²) in [6.07, 6.45) is 4.37. The van der Waals surface area contributed by atoms with Crippen LogP contribution in [0.5, 0.6) is 0 Å². The maximum absolute atomic E-state index is 4.23. The van der Waals surface area contributed by atoms with Gasteiger partial charge in [-0.25, -0.2) is 0 Å². The molecule has 1 aliphatic rings. The van der Waals surface area contributed by atoms with E-state index < -0.39 is 0 Å². The Morgan fingerprint density at radius 2 is 2.41 bits per heavy atom. The Bertz CT molecular complexity index is 320. The Hall–Kier alpha value is -0.580. The van der Waals surface area contributed by atoms with Crippen LogP contribution in [0.2, 0.25) is 0 Å². The van der Waals surface area contributed by atoms with Crippen molar-refractivity contribution in [2.24, 2.45) is 7.05 Å². The number of rotatable bonds is 5. The summed E-state index contributed by atoms with van der Waals surface area (Å²) < 4.78 is 1.98. The Morgan fingerprint density at radius 3 is 2.94 bits per heavy atom. The summed E-state index contributed by atoms with van der Waals surface area (Å²) in [6.45, 7) is 6.75. The molecule has 1 fully saturated rings. The van der Waals surface area contributed by atoms with Crippen molar-refractivity contribution >= 4 is 12.4 Å². The molecule has 0 saturated carbocycles. The van der Waals surface area contributed by atoms with Crippen molar-refractivity contribution in [3.05, 3.63) is 18.0 Å². The monoisotopic (exact) mass is 258 g/mol. The minimum absolute atomic E-state index is 0. The summed E-state index contributed by atoms with van der Waals surface area (Å²) in [5.41, 5.74) is 1.31. The van der Waals surface area contributed by atoms with E-state index in [1.54, 1.807) is 0 Å². The number of aromatic nitrogens is 2. The first-order valence-corrected chi connectivity index (χ1v) is 6.23. The van der Waals surface area contributed by atoms with Gasteiger partial charge in [-0.3, -0.25) is 9.58 Å². The van der Waals surface area contributed by atoms with Crippen molar-refractivity contribution < 1.29 is 0 Å². The fourth-order valence-electron chi connectivity index (χ4n) is 2.39. The number of halogens is 1. The number of nitrogens with one attached hydrogen (secondary N) is 1. The van der Waals surface area contributed by atoms with Gasteiger partial charge < -0.3 is 5.32 Å². The van der Waals surface area contributed by atoms with E-state index in [0.29, 0.717) is 6.04 Å². The zero-order valence-corrected chi connectivity index (χ0v) is 11.5. The van der Waals surface area contributed by atoms with Crippen molar-refractivity contribution in [1.29, 1.82) is 0 Å². The highest BCUT2D eigenvalue weighted by Crippen LogP contribution is 2.13. The standard InChI is InChI=1S/C12H22N4.ClH/c1-3-8-16(11-4-6-13-9-11)10-12-5-7-14-15(12)2;/h5,7,11,13H,3-4,6,8-10H2,1-2H3;1H. The van der Waals surface area contributed by atoms with E-state index in [-0.39, 0.29) is 12.4 Å². The highest BCUT2D eigenvalue weighted by molar-refractivity contribution is 5.85. The molecular weight excluding hydrogens is 236 g/mol. The van der Waals surface area contributed by atoms with Crippen LogP contribution in [0.25, 0.3) is 0 Å². The molecule has 17 heavy (non-hydrogen) atoms. The van der Waals surface area contributed by atoms with Crippen molar-refractivity contribution in [1.82, 2.24) is 20.0 Å². The van der Waals surface area contributed by atoms with Gasteiger partial charge in [0.15, 0.2) is 0 Å². The Balaban J connectivity index is 0.00000144. The van der Waals surface area contributed by atoms with Crippen LogP contribution in [0.15, 0.2) is 12.3 Å². The molecule has 0 radical (unpaired) electrons. The van der Waals surface area contributed by atoms with Crippen LogP contribution in [-0.2, 0) is 13.6 Å². The van der Waals surface area contributed by atoms with E-state index in [1.165, 1.54) is 25.1 Å². The third-order valence-corrected chi connectivity index (χ3v) is 3.35. The lowest BCUT2D eigenvalue weighted by Crippen LogP contribution is -2.37. The molecule has 1 unspecified atom stereocenters. The van der Waals surface area contributed by atoms with Gasteiger partial charge in [-0.2, -0.15) is 5.10 Å². The smallest absolute Gasteiger partial charge is 0.0521 e. The number of aryl methyl sites for hydroxylation is 1. The summed E-state index contributed by atoms with van der Waals surface area (Å²) in [7, 11) is 2.02. The predicted molar refractivity (Wildman–Crippen MR) is 72.4 cm³/mol. The van der Waals surface area contributed by atoms with Gasteiger partial charge in [0, 0.05) is 32.4 Å². The van der Waals surface area contributed by atoms with Crippen LogP contribution >= 0.6 is 12.4 Å². The van der Waals surface area contributed by atoms with Crippen LogP contribution in [0.4, 0.5) is 0 Å². The summed E-state index contributed by atoms with van der Waals surface area (Å²) in [6, 6.07) is 2.82. The van der Waals surface area contributed by atoms with Crippen LogP contribution in [0.3, 0.4) is 0 Å². The van der Waals surface area contributed by atoms with Gasteiger partial charge in [0.1, 0.15) is 0 Å². The van der Waals surface area contributed by atoms with Crippen LogP contribution < -0.4 is 5.32 Å². The maximum Gasteiger partial charge on any atom is 0.0521 e. The molecule has 1 aliphatic heterocycles. The first kappa shape index (κ1) is 14.5. The first-order valence-electron chi connectivity index (χ1n) is 6.23. The summed E-state index contributed by atoms with van der Waals surface area (Å²) in [4.78, 5) is 2.58. The Morgan fingerprint density at radius 1 is 1.59 bits per heavy atom. The molecule has 1 aromatic rings. The Kier molecular flexibility index (Phi) is 5.95. The SMILES string of the molecule is CCCN(Cc1ccnn1C)C1CCNC1.Cl. The number of hydrogen-bond acceptors (Lipinski definition) is 3. The highest BCUT2D eigenvalue weighted by Gasteiger charge is 2.22. The van der Waals surface area contributed by atoms with Crippen LogP contribution in [0.1, 0.15) is 25.5 Å². The number of nitrogens with zero attached hydrogens (tertiary/aromatic N) is 3. The van der Waals surface area contributed by atoms with Crippen LogP contribution in [-0.4, -0.2) is 40.4 Å². The molecule has 0 spiro atoms. The lowest BCUT2D eigenvalue weighted by molar-refractivity contribution is 0.194. The average Bonchev–Trinajstić information content (AvgIpc) is 2.90. The fourth-order valence-corrected chi connectivity index (χ4v) is 2.39.